The molecule has 0 unspecified atom stereocenters. The van der Waals surface area contributed by atoms with E-state index < -0.39 is 0 Å². The molecule has 0 fully saturated rings. The van der Waals surface area contributed by atoms with Gasteiger partial charge in [-0.15, -0.1) is 0 Å². The number of nitrogens with zero attached hydrogens (tertiary/aromatic N) is 4. The maximum atomic E-state index is 8.67. The Hall–Kier alpha value is -2.50. The van der Waals surface area contributed by atoms with Gasteiger partial charge in [0.05, 0.1) is 0 Å². The molecule has 0 atom stereocenters. The van der Waals surface area contributed by atoms with E-state index in [1.54, 1.807) is 6.20 Å². The summed E-state index contributed by atoms with van der Waals surface area (Å²) in [4.78, 5) is 6.47. The average molecular weight is 273 g/mol. The molecule has 1 aromatic carbocycles. The van der Waals surface area contributed by atoms with E-state index in [0.29, 0.717) is 13.0 Å². The number of amidine groups is 1. The summed E-state index contributed by atoms with van der Waals surface area (Å²) in [6, 6.07) is 9.95. The monoisotopic (exact) mass is 273 g/mol. The molecule has 20 heavy (non-hydrogen) atoms. The van der Waals surface area contributed by atoms with Crippen LogP contribution in [0, 0.1) is 0 Å². The van der Waals surface area contributed by atoms with Crippen molar-refractivity contribution in [2.45, 2.75) is 19.9 Å². The molecular weight excluding hydrogens is 254 g/mol. The van der Waals surface area contributed by atoms with Crippen molar-refractivity contribution in [2.75, 3.05) is 11.4 Å². The molecular formula is C14H19N5O. The zero-order chi connectivity index (χ0) is 14.4. The highest BCUT2D eigenvalue weighted by atomic mass is 16.4. The number of imidazole rings is 1. The fourth-order valence-electron chi connectivity index (χ4n) is 2.02. The predicted octanol–water partition coefficient (Wildman–Crippen LogP) is 2.18. The number of anilines is 2. The average Bonchev–Trinajstić information content (AvgIpc) is 2.96. The first kappa shape index (κ1) is 13.9. The molecule has 2 rings (SSSR count). The molecule has 6 nitrogen and oxygen atoms in total. The van der Waals surface area contributed by atoms with Crippen LogP contribution in [0.4, 0.5) is 11.6 Å². The van der Waals surface area contributed by atoms with Gasteiger partial charge in [0, 0.05) is 37.6 Å². The normalized spacial score (nSPS) is 11.6. The van der Waals surface area contributed by atoms with Gasteiger partial charge in [-0.2, -0.15) is 0 Å². The fraction of sp³-hybridized carbons (Fsp3) is 0.286. The maximum Gasteiger partial charge on any atom is 0.210 e. The van der Waals surface area contributed by atoms with Crippen molar-refractivity contribution < 1.29 is 5.21 Å². The summed E-state index contributed by atoms with van der Waals surface area (Å²) in [6.07, 6.45) is 4.18. The van der Waals surface area contributed by atoms with Crippen molar-refractivity contribution in [3.05, 3.63) is 42.7 Å². The van der Waals surface area contributed by atoms with Crippen LogP contribution < -0.4 is 10.6 Å². The largest absolute Gasteiger partial charge is 0.409 e. The maximum absolute atomic E-state index is 8.67. The molecule has 0 aliphatic heterocycles. The predicted molar refractivity (Wildman–Crippen MR) is 79.4 cm³/mol. The van der Waals surface area contributed by atoms with Crippen molar-refractivity contribution in [2.24, 2.45) is 10.9 Å². The Bertz CT molecular complexity index is 564. The van der Waals surface area contributed by atoms with Gasteiger partial charge in [0.1, 0.15) is 5.84 Å². The van der Waals surface area contributed by atoms with Crippen LogP contribution in [-0.4, -0.2) is 27.1 Å². The van der Waals surface area contributed by atoms with E-state index in [-0.39, 0.29) is 5.84 Å². The minimum Gasteiger partial charge on any atom is -0.409 e. The number of nitrogens with two attached hydrogens (primary N) is 1. The molecule has 0 spiro atoms. The summed E-state index contributed by atoms with van der Waals surface area (Å²) in [5.74, 6) is 1.06. The molecule has 0 amide bonds. The Kier molecular flexibility index (Phi) is 4.60. The number of rotatable bonds is 6. The molecule has 0 aliphatic carbocycles. The zero-order valence-corrected chi connectivity index (χ0v) is 11.5. The molecule has 0 radical (unpaired) electrons. The Balaban J connectivity index is 2.29. The lowest BCUT2D eigenvalue weighted by Gasteiger charge is -2.24. The smallest absolute Gasteiger partial charge is 0.210 e. The summed E-state index contributed by atoms with van der Waals surface area (Å²) >= 11 is 0. The van der Waals surface area contributed by atoms with E-state index in [0.717, 1.165) is 18.2 Å². The third-order valence-electron chi connectivity index (χ3n) is 3.06. The second-order valence-corrected chi connectivity index (χ2v) is 4.34. The summed E-state index contributed by atoms with van der Waals surface area (Å²) in [5, 5.41) is 11.7. The molecule has 0 saturated heterocycles. The Labute approximate surface area is 118 Å². The summed E-state index contributed by atoms with van der Waals surface area (Å²) < 4.78 is 2.05. The molecule has 0 bridgehead atoms. The summed E-state index contributed by atoms with van der Waals surface area (Å²) in [6.45, 7) is 3.50. The van der Waals surface area contributed by atoms with Gasteiger partial charge >= 0.3 is 0 Å². The molecule has 3 N–H and O–H groups in total. The lowest BCUT2D eigenvalue weighted by molar-refractivity contribution is 0.317. The fourth-order valence-corrected chi connectivity index (χ4v) is 2.02. The molecule has 2 aromatic rings. The number of aryl methyl sites for hydroxylation is 1. The minimum atomic E-state index is 0.209. The Morgan fingerprint density at radius 2 is 2.15 bits per heavy atom. The Morgan fingerprint density at radius 3 is 2.80 bits per heavy atom. The molecule has 6 heteroatoms. The van der Waals surface area contributed by atoms with Crippen LogP contribution in [0.15, 0.2) is 47.9 Å². The van der Waals surface area contributed by atoms with Crippen LogP contribution in [0.5, 0.6) is 0 Å². The Morgan fingerprint density at radius 1 is 1.40 bits per heavy atom. The number of aromatic nitrogens is 2. The summed E-state index contributed by atoms with van der Waals surface area (Å²) in [5.41, 5.74) is 6.60. The van der Waals surface area contributed by atoms with E-state index >= 15 is 0 Å². The number of oxime groups is 1. The van der Waals surface area contributed by atoms with Gasteiger partial charge in [0.2, 0.25) is 5.95 Å². The highest BCUT2D eigenvalue weighted by Gasteiger charge is 2.14. The van der Waals surface area contributed by atoms with E-state index in [2.05, 4.69) is 26.5 Å². The molecule has 1 aromatic heterocycles. The zero-order valence-electron chi connectivity index (χ0n) is 11.5. The SMILES string of the molecule is CCn1ccnc1N(CCC(N)=NO)c1ccccc1. The second kappa shape index (κ2) is 6.60. The minimum absolute atomic E-state index is 0.209. The molecule has 0 aliphatic rings. The molecule has 1 heterocycles. The first-order valence-corrected chi connectivity index (χ1v) is 6.56. The first-order chi connectivity index (χ1) is 9.76. The van der Waals surface area contributed by atoms with Gasteiger partial charge in [-0.05, 0) is 19.1 Å². The van der Waals surface area contributed by atoms with Crippen LogP contribution in [-0.2, 0) is 6.54 Å². The topological polar surface area (TPSA) is 79.7 Å². The van der Waals surface area contributed by atoms with Crippen molar-refractivity contribution in [1.29, 1.82) is 0 Å². The summed E-state index contributed by atoms with van der Waals surface area (Å²) in [7, 11) is 0. The first-order valence-electron chi connectivity index (χ1n) is 6.56. The third kappa shape index (κ3) is 3.09. The van der Waals surface area contributed by atoms with Crippen molar-refractivity contribution >= 4 is 17.5 Å². The van der Waals surface area contributed by atoms with Crippen LogP contribution in [0.2, 0.25) is 0 Å². The van der Waals surface area contributed by atoms with Crippen LogP contribution in [0.25, 0.3) is 0 Å². The quantitative estimate of drug-likeness (QED) is 0.366. The van der Waals surface area contributed by atoms with Gasteiger partial charge in [0.25, 0.3) is 0 Å². The molecule has 106 valence electrons. The third-order valence-corrected chi connectivity index (χ3v) is 3.06. The van der Waals surface area contributed by atoms with Gasteiger partial charge in [0.15, 0.2) is 0 Å². The standard InChI is InChI=1S/C14H19N5O/c1-2-18-11-9-16-14(18)19(10-8-13(15)17-20)12-6-4-3-5-7-12/h3-7,9,11,20H,2,8,10H2,1H3,(H2,15,17). The van der Waals surface area contributed by atoms with Gasteiger partial charge in [-0.3, -0.25) is 0 Å². The highest BCUT2D eigenvalue weighted by Crippen LogP contribution is 2.23. The van der Waals surface area contributed by atoms with Crippen molar-refractivity contribution in [3.63, 3.8) is 0 Å². The number of hydrogen-bond acceptors (Lipinski definition) is 4. The van der Waals surface area contributed by atoms with Crippen molar-refractivity contribution in [1.82, 2.24) is 9.55 Å². The lowest BCUT2D eigenvalue weighted by Crippen LogP contribution is -2.26. The van der Waals surface area contributed by atoms with E-state index in [4.69, 9.17) is 10.9 Å². The van der Waals surface area contributed by atoms with Crippen LogP contribution >= 0.6 is 0 Å². The highest BCUT2D eigenvalue weighted by molar-refractivity contribution is 5.80. The van der Waals surface area contributed by atoms with E-state index in [1.165, 1.54) is 0 Å². The van der Waals surface area contributed by atoms with E-state index in [1.807, 2.05) is 36.5 Å². The van der Waals surface area contributed by atoms with Gasteiger partial charge in [-0.1, -0.05) is 23.4 Å². The number of para-hydroxylation sites is 1. The number of benzene rings is 1. The van der Waals surface area contributed by atoms with Gasteiger partial charge in [-0.25, -0.2) is 4.98 Å². The van der Waals surface area contributed by atoms with Crippen LogP contribution in [0.3, 0.4) is 0 Å². The van der Waals surface area contributed by atoms with Crippen molar-refractivity contribution in [3.8, 4) is 0 Å². The molecule has 0 saturated carbocycles. The van der Waals surface area contributed by atoms with Crippen LogP contribution in [0.1, 0.15) is 13.3 Å². The van der Waals surface area contributed by atoms with Gasteiger partial charge < -0.3 is 20.4 Å². The lowest BCUT2D eigenvalue weighted by atomic mass is 10.2. The number of hydrogen-bond donors (Lipinski definition) is 2. The second-order valence-electron chi connectivity index (χ2n) is 4.34. The van der Waals surface area contributed by atoms with E-state index in [9.17, 15) is 0 Å².